The highest BCUT2D eigenvalue weighted by Gasteiger charge is 2.18. The molecule has 130 valence electrons. The number of aryl methyl sites for hydroxylation is 1. The molecule has 0 aliphatic carbocycles. The number of rotatable bonds is 5. The first-order valence-electron chi connectivity index (χ1n) is 8.00. The van der Waals surface area contributed by atoms with Crippen LogP contribution < -0.4 is 10.6 Å². The van der Waals surface area contributed by atoms with Crippen LogP contribution >= 0.6 is 0 Å². The van der Waals surface area contributed by atoms with Crippen LogP contribution in [-0.2, 0) is 20.7 Å². The summed E-state index contributed by atoms with van der Waals surface area (Å²) in [5.74, 6) is -0.234. The van der Waals surface area contributed by atoms with E-state index in [9.17, 15) is 14.4 Å². The van der Waals surface area contributed by atoms with Crippen molar-refractivity contribution in [2.24, 2.45) is 0 Å². The lowest BCUT2D eigenvalue weighted by Gasteiger charge is -2.21. The van der Waals surface area contributed by atoms with E-state index in [4.69, 9.17) is 4.74 Å². The van der Waals surface area contributed by atoms with Gasteiger partial charge in [0.1, 0.15) is 6.54 Å². The van der Waals surface area contributed by atoms with Gasteiger partial charge in [-0.25, -0.2) is 4.79 Å². The Labute approximate surface area is 141 Å². The third-order valence-electron chi connectivity index (χ3n) is 3.86. The zero-order valence-corrected chi connectivity index (χ0v) is 14.2. The molecule has 1 atom stereocenters. The predicted molar refractivity (Wildman–Crippen MR) is 89.6 cm³/mol. The SMILES string of the molecule is CCOC(=O)N(C)CC(=O)N[C@H](C)c1ccc2c(c1)CCC(=O)N2. The molecule has 0 aromatic heterocycles. The van der Waals surface area contributed by atoms with E-state index in [1.165, 1.54) is 11.9 Å². The van der Waals surface area contributed by atoms with Gasteiger partial charge in [0, 0.05) is 19.2 Å². The Morgan fingerprint density at radius 1 is 1.38 bits per heavy atom. The Kier molecular flexibility index (Phi) is 5.78. The van der Waals surface area contributed by atoms with Crippen molar-refractivity contribution in [3.63, 3.8) is 0 Å². The Morgan fingerprint density at radius 3 is 2.83 bits per heavy atom. The molecule has 1 aromatic carbocycles. The second-order valence-corrected chi connectivity index (χ2v) is 5.81. The molecule has 3 amide bonds. The van der Waals surface area contributed by atoms with Crippen LogP contribution in [-0.4, -0.2) is 43.0 Å². The van der Waals surface area contributed by atoms with Gasteiger partial charge in [0.15, 0.2) is 0 Å². The van der Waals surface area contributed by atoms with E-state index >= 15 is 0 Å². The molecule has 0 spiro atoms. The average Bonchev–Trinajstić information content (AvgIpc) is 2.54. The lowest BCUT2D eigenvalue weighted by molar-refractivity contribution is -0.122. The summed E-state index contributed by atoms with van der Waals surface area (Å²) in [6, 6.07) is 5.53. The number of nitrogens with zero attached hydrogens (tertiary/aromatic N) is 1. The van der Waals surface area contributed by atoms with Crippen LogP contribution in [0.3, 0.4) is 0 Å². The fourth-order valence-corrected chi connectivity index (χ4v) is 2.56. The van der Waals surface area contributed by atoms with Crippen molar-refractivity contribution in [2.75, 3.05) is 25.5 Å². The van der Waals surface area contributed by atoms with Crippen molar-refractivity contribution in [1.29, 1.82) is 0 Å². The van der Waals surface area contributed by atoms with Gasteiger partial charge in [-0.05, 0) is 37.5 Å². The maximum absolute atomic E-state index is 12.1. The van der Waals surface area contributed by atoms with Crippen LogP contribution in [0.15, 0.2) is 18.2 Å². The highest BCUT2D eigenvalue weighted by Crippen LogP contribution is 2.26. The van der Waals surface area contributed by atoms with E-state index in [1.807, 2.05) is 25.1 Å². The van der Waals surface area contributed by atoms with Gasteiger partial charge in [-0.15, -0.1) is 0 Å². The summed E-state index contributed by atoms with van der Waals surface area (Å²) in [6.45, 7) is 3.80. The van der Waals surface area contributed by atoms with Gasteiger partial charge in [0.05, 0.1) is 12.6 Å². The van der Waals surface area contributed by atoms with Gasteiger partial charge >= 0.3 is 6.09 Å². The summed E-state index contributed by atoms with van der Waals surface area (Å²) in [6.07, 6.45) is 0.646. The van der Waals surface area contributed by atoms with Gasteiger partial charge in [-0.1, -0.05) is 12.1 Å². The molecule has 0 unspecified atom stereocenters. The van der Waals surface area contributed by atoms with E-state index in [2.05, 4.69) is 10.6 Å². The molecule has 1 heterocycles. The van der Waals surface area contributed by atoms with Gasteiger partial charge in [-0.2, -0.15) is 0 Å². The standard InChI is InChI=1S/C17H23N3O4/c1-4-24-17(23)20(3)10-16(22)18-11(2)12-5-7-14-13(9-12)6-8-15(21)19-14/h5,7,9,11H,4,6,8,10H2,1-3H3,(H,18,22)(H,19,21)/t11-/m1/s1. The predicted octanol–water partition coefficient (Wildman–Crippen LogP) is 1.84. The first kappa shape index (κ1) is 17.8. The topological polar surface area (TPSA) is 87.7 Å². The lowest BCUT2D eigenvalue weighted by atomic mass is 9.98. The molecule has 1 aromatic rings. The van der Waals surface area contributed by atoms with E-state index in [0.29, 0.717) is 12.8 Å². The van der Waals surface area contributed by atoms with E-state index in [0.717, 1.165) is 16.8 Å². The lowest BCUT2D eigenvalue weighted by Crippen LogP contribution is -2.39. The fourth-order valence-electron chi connectivity index (χ4n) is 2.56. The third-order valence-corrected chi connectivity index (χ3v) is 3.86. The number of carbonyl (C=O) groups excluding carboxylic acids is 3. The quantitative estimate of drug-likeness (QED) is 0.860. The maximum atomic E-state index is 12.1. The van der Waals surface area contributed by atoms with Crippen LogP contribution in [0.5, 0.6) is 0 Å². The molecule has 0 bridgehead atoms. The second-order valence-electron chi connectivity index (χ2n) is 5.81. The van der Waals surface area contributed by atoms with Crippen molar-refractivity contribution in [2.45, 2.75) is 32.7 Å². The zero-order valence-electron chi connectivity index (χ0n) is 14.2. The Hall–Kier alpha value is -2.57. The van der Waals surface area contributed by atoms with Gasteiger partial charge < -0.3 is 20.3 Å². The summed E-state index contributed by atoms with van der Waals surface area (Å²) in [5.41, 5.74) is 2.85. The monoisotopic (exact) mass is 333 g/mol. The van der Waals surface area contributed by atoms with Gasteiger partial charge in [0.2, 0.25) is 11.8 Å². The van der Waals surface area contributed by atoms with Gasteiger partial charge in [-0.3, -0.25) is 9.59 Å². The van der Waals surface area contributed by atoms with Crippen LogP contribution in [0.1, 0.15) is 37.4 Å². The molecular formula is C17H23N3O4. The normalized spacial score (nSPS) is 14.2. The van der Waals surface area contributed by atoms with Crippen molar-refractivity contribution in [1.82, 2.24) is 10.2 Å². The molecule has 7 nitrogen and oxygen atoms in total. The van der Waals surface area contributed by atoms with E-state index in [-0.39, 0.29) is 31.0 Å². The van der Waals surface area contributed by atoms with E-state index in [1.54, 1.807) is 6.92 Å². The number of carbonyl (C=O) groups is 3. The molecule has 1 aliphatic rings. The number of likely N-dealkylation sites (N-methyl/N-ethyl adjacent to an activating group) is 1. The number of fused-ring (bicyclic) bond motifs is 1. The van der Waals surface area contributed by atoms with Crippen LogP contribution in [0.2, 0.25) is 0 Å². The molecule has 2 rings (SSSR count). The summed E-state index contributed by atoms with van der Waals surface area (Å²) < 4.78 is 4.84. The van der Waals surface area contributed by atoms with Crippen LogP contribution in [0.25, 0.3) is 0 Å². The van der Waals surface area contributed by atoms with Crippen molar-refractivity contribution >= 4 is 23.6 Å². The van der Waals surface area contributed by atoms with Crippen molar-refractivity contribution in [3.8, 4) is 0 Å². The third kappa shape index (κ3) is 4.47. The Morgan fingerprint density at radius 2 is 2.12 bits per heavy atom. The maximum Gasteiger partial charge on any atom is 0.409 e. The number of anilines is 1. The smallest absolute Gasteiger partial charge is 0.409 e. The average molecular weight is 333 g/mol. The Bertz CT molecular complexity index is 645. The molecule has 0 radical (unpaired) electrons. The van der Waals surface area contributed by atoms with Crippen molar-refractivity contribution in [3.05, 3.63) is 29.3 Å². The molecule has 7 heteroatoms. The first-order valence-corrected chi connectivity index (χ1v) is 8.00. The summed E-state index contributed by atoms with van der Waals surface area (Å²) in [7, 11) is 1.52. The second kappa shape index (κ2) is 7.81. The molecule has 0 saturated carbocycles. The van der Waals surface area contributed by atoms with Crippen molar-refractivity contribution < 1.29 is 19.1 Å². The molecule has 0 fully saturated rings. The minimum absolute atomic E-state index is 0.0265. The van der Waals surface area contributed by atoms with Gasteiger partial charge in [0.25, 0.3) is 0 Å². The zero-order chi connectivity index (χ0) is 17.7. The summed E-state index contributed by atoms with van der Waals surface area (Å²) in [5, 5.41) is 5.70. The first-order chi connectivity index (χ1) is 11.4. The highest BCUT2D eigenvalue weighted by atomic mass is 16.6. The molecule has 0 saturated heterocycles. The number of hydrogen-bond acceptors (Lipinski definition) is 4. The summed E-state index contributed by atoms with van der Waals surface area (Å²) in [4.78, 5) is 36.2. The fraction of sp³-hybridized carbons (Fsp3) is 0.471. The molecule has 2 N–H and O–H groups in total. The minimum Gasteiger partial charge on any atom is -0.450 e. The Balaban J connectivity index is 1.94. The molecule has 1 aliphatic heterocycles. The highest BCUT2D eigenvalue weighted by molar-refractivity contribution is 5.93. The number of amides is 3. The molecule has 24 heavy (non-hydrogen) atoms. The van der Waals surface area contributed by atoms with E-state index < -0.39 is 6.09 Å². The van der Waals surface area contributed by atoms with Crippen LogP contribution in [0, 0.1) is 0 Å². The molecular weight excluding hydrogens is 310 g/mol. The number of ether oxygens (including phenoxy) is 1. The number of nitrogens with one attached hydrogen (secondary N) is 2. The largest absolute Gasteiger partial charge is 0.450 e. The van der Waals surface area contributed by atoms with Crippen LogP contribution in [0.4, 0.5) is 10.5 Å². The minimum atomic E-state index is -0.523. The number of hydrogen-bond donors (Lipinski definition) is 2. The number of benzene rings is 1. The summed E-state index contributed by atoms with van der Waals surface area (Å²) >= 11 is 0.